The minimum Gasteiger partial charge on any atom is -0.354 e. The van der Waals surface area contributed by atoms with Crippen LogP contribution in [-0.4, -0.2) is 30.5 Å². The maximum Gasteiger partial charge on any atom is 0.237 e. The van der Waals surface area contributed by atoms with Gasteiger partial charge in [-0.2, -0.15) is 11.8 Å². The SMILES string of the molecule is C=CCC(N)C(=O)NCC(C)CSC. The number of hydrogen-bond acceptors (Lipinski definition) is 3. The van der Waals surface area contributed by atoms with Crippen molar-refractivity contribution in [1.29, 1.82) is 0 Å². The molecular formula is C10H20N2OS. The summed E-state index contributed by atoms with van der Waals surface area (Å²) in [5.74, 6) is 1.46. The summed E-state index contributed by atoms with van der Waals surface area (Å²) in [4.78, 5) is 11.4. The Morgan fingerprint density at radius 3 is 2.86 bits per heavy atom. The van der Waals surface area contributed by atoms with Gasteiger partial charge >= 0.3 is 0 Å². The van der Waals surface area contributed by atoms with Crippen molar-refractivity contribution in [1.82, 2.24) is 5.32 Å². The molecule has 0 aromatic heterocycles. The lowest BCUT2D eigenvalue weighted by Crippen LogP contribution is -2.42. The molecule has 14 heavy (non-hydrogen) atoms. The van der Waals surface area contributed by atoms with Gasteiger partial charge in [0.25, 0.3) is 0 Å². The van der Waals surface area contributed by atoms with E-state index in [4.69, 9.17) is 5.73 Å². The van der Waals surface area contributed by atoms with Crippen LogP contribution in [0.1, 0.15) is 13.3 Å². The number of thioether (sulfide) groups is 1. The molecule has 0 rings (SSSR count). The highest BCUT2D eigenvalue weighted by atomic mass is 32.2. The van der Waals surface area contributed by atoms with E-state index < -0.39 is 6.04 Å². The van der Waals surface area contributed by atoms with Gasteiger partial charge in [-0.25, -0.2) is 0 Å². The normalized spacial score (nSPS) is 14.5. The van der Waals surface area contributed by atoms with Crippen LogP contribution in [0, 0.1) is 5.92 Å². The van der Waals surface area contributed by atoms with E-state index in [0.717, 1.165) is 5.75 Å². The third-order valence-electron chi connectivity index (χ3n) is 1.83. The minimum absolute atomic E-state index is 0.0853. The van der Waals surface area contributed by atoms with E-state index in [1.165, 1.54) is 0 Å². The van der Waals surface area contributed by atoms with E-state index in [2.05, 4.69) is 25.1 Å². The van der Waals surface area contributed by atoms with Crippen molar-refractivity contribution in [2.75, 3.05) is 18.6 Å². The van der Waals surface area contributed by atoms with Crippen LogP contribution in [0.2, 0.25) is 0 Å². The van der Waals surface area contributed by atoms with Crippen LogP contribution in [0.3, 0.4) is 0 Å². The molecule has 0 saturated heterocycles. The van der Waals surface area contributed by atoms with Gasteiger partial charge in [-0.05, 0) is 24.3 Å². The first-order valence-corrected chi connectivity index (χ1v) is 6.14. The zero-order valence-electron chi connectivity index (χ0n) is 8.95. The average molecular weight is 216 g/mol. The average Bonchev–Trinajstić information content (AvgIpc) is 2.15. The summed E-state index contributed by atoms with van der Waals surface area (Å²) in [5.41, 5.74) is 5.60. The van der Waals surface area contributed by atoms with Crippen LogP contribution in [0.4, 0.5) is 0 Å². The second-order valence-corrected chi connectivity index (χ2v) is 4.35. The van der Waals surface area contributed by atoms with E-state index in [-0.39, 0.29) is 5.91 Å². The highest BCUT2D eigenvalue weighted by molar-refractivity contribution is 7.98. The van der Waals surface area contributed by atoms with Gasteiger partial charge in [-0.1, -0.05) is 13.0 Å². The Bertz CT molecular complexity index is 185. The number of rotatable bonds is 7. The summed E-state index contributed by atoms with van der Waals surface area (Å²) in [5, 5.41) is 2.83. The fourth-order valence-electron chi connectivity index (χ4n) is 1.04. The third kappa shape index (κ3) is 6.05. The lowest BCUT2D eigenvalue weighted by Gasteiger charge is -2.13. The fourth-order valence-corrected chi connectivity index (χ4v) is 1.72. The monoisotopic (exact) mass is 216 g/mol. The van der Waals surface area contributed by atoms with Gasteiger partial charge in [0, 0.05) is 6.54 Å². The van der Waals surface area contributed by atoms with E-state index in [1.54, 1.807) is 17.8 Å². The molecule has 0 aromatic carbocycles. The molecular weight excluding hydrogens is 196 g/mol. The molecule has 3 N–H and O–H groups in total. The van der Waals surface area contributed by atoms with Crippen molar-refractivity contribution in [3.05, 3.63) is 12.7 Å². The molecule has 0 saturated carbocycles. The molecule has 3 nitrogen and oxygen atoms in total. The van der Waals surface area contributed by atoms with E-state index in [9.17, 15) is 4.79 Å². The van der Waals surface area contributed by atoms with Gasteiger partial charge in [0.1, 0.15) is 0 Å². The zero-order chi connectivity index (χ0) is 11.0. The summed E-state index contributed by atoms with van der Waals surface area (Å²) in [6.07, 6.45) is 4.25. The molecule has 82 valence electrons. The van der Waals surface area contributed by atoms with Crippen LogP contribution in [0.5, 0.6) is 0 Å². The van der Waals surface area contributed by atoms with Crippen LogP contribution in [0.15, 0.2) is 12.7 Å². The third-order valence-corrected chi connectivity index (χ3v) is 2.74. The smallest absolute Gasteiger partial charge is 0.237 e. The van der Waals surface area contributed by atoms with Gasteiger partial charge in [0.2, 0.25) is 5.91 Å². The standard InChI is InChI=1S/C10H20N2OS/c1-4-5-9(11)10(13)12-6-8(2)7-14-3/h4,8-9H,1,5-7,11H2,2-3H3,(H,12,13). The minimum atomic E-state index is -0.450. The molecule has 4 heteroatoms. The van der Waals surface area contributed by atoms with Gasteiger partial charge in [0.05, 0.1) is 6.04 Å². The molecule has 0 aliphatic heterocycles. The molecule has 0 spiro atoms. The van der Waals surface area contributed by atoms with E-state index in [1.807, 2.05) is 0 Å². The number of carbonyl (C=O) groups excluding carboxylic acids is 1. The number of nitrogens with one attached hydrogen (secondary N) is 1. The summed E-state index contributed by atoms with van der Waals surface area (Å²) < 4.78 is 0. The Kier molecular flexibility index (Phi) is 7.61. The maximum atomic E-state index is 11.4. The highest BCUT2D eigenvalue weighted by Crippen LogP contribution is 2.02. The maximum absolute atomic E-state index is 11.4. The Morgan fingerprint density at radius 2 is 2.36 bits per heavy atom. The van der Waals surface area contributed by atoms with Crippen molar-refractivity contribution >= 4 is 17.7 Å². The zero-order valence-corrected chi connectivity index (χ0v) is 9.77. The molecule has 0 heterocycles. The van der Waals surface area contributed by atoms with E-state index in [0.29, 0.717) is 18.9 Å². The topological polar surface area (TPSA) is 55.1 Å². The largest absolute Gasteiger partial charge is 0.354 e. The van der Waals surface area contributed by atoms with Crippen LogP contribution in [-0.2, 0) is 4.79 Å². The van der Waals surface area contributed by atoms with E-state index >= 15 is 0 Å². The molecule has 0 aromatic rings. The van der Waals surface area contributed by atoms with Gasteiger partial charge in [-0.3, -0.25) is 4.79 Å². The molecule has 0 radical (unpaired) electrons. The first kappa shape index (κ1) is 13.5. The first-order chi connectivity index (χ1) is 6.61. The Hall–Kier alpha value is -0.480. The Labute approximate surface area is 90.5 Å². The lowest BCUT2D eigenvalue weighted by atomic mass is 10.2. The summed E-state index contributed by atoms with van der Waals surface area (Å²) >= 11 is 1.78. The first-order valence-electron chi connectivity index (χ1n) is 4.75. The fraction of sp³-hybridized carbons (Fsp3) is 0.700. The second kappa shape index (κ2) is 7.88. The summed E-state index contributed by atoms with van der Waals surface area (Å²) in [6.45, 7) is 6.35. The lowest BCUT2D eigenvalue weighted by molar-refractivity contribution is -0.122. The Morgan fingerprint density at radius 1 is 1.71 bits per heavy atom. The van der Waals surface area contributed by atoms with Crippen LogP contribution >= 0.6 is 11.8 Å². The highest BCUT2D eigenvalue weighted by Gasteiger charge is 2.11. The molecule has 0 bridgehead atoms. The van der Waals surface area contributed by atoms with Gasteiger partial charge in [-0.15, -0.1) is 6.58 Å². The summed E-state index contributed by atoms with van der Waals surface area (Å²) in [7, 11) is 0. The summed E-state index contributed by atoms with van der Waals surface area (Å²) in [6, 6.07) is -0.450. The number of amides is 1. The molecule has 0 aliphatic rings. The van der Waals surface area contributed by atoms with Gasteiger partial charge < -0.3 is 11.1 Å². The molecule has 2 unspecified atom stereocenters. The quantitative estimate of drug-likeness (QED) is 0.624. The predicted molar refractivity (Wildman–Crippen MR) is 63.3 cm³/mol. The molecule has 0 fully saturated rings. The molecule has 0 aliphatic carbocycles. The van der Waals surface area contributed by atoms with Crippen molar-refractivity contribution in [2.24, 2.45) is 11.7 Å². The van der Waals surface area contributed by atoms with Crippen LogP contribution in [0.25, 0.3) is 0 Å². The second-order valence-electron chi connectivity index (χ2n) is 3.44. The number of carbonyl (C=O) groups is 1. The Balaban J connectivity index is 3.66. The number of nitrogens with two attached hydrogens (primary N) is 1. The predicted octanol–water partition coefficient (Wildman–Crippen LogP) is 1.01. The van der Waals surface area contributed by atoms with Gasteiger partial charge in [0.15, 0.2) is 0 Å². The van der Waals surface area contributed by atoms with Crippen molar-refractivity contribution in [3.8, 4) is 0 Å². The molecule has 2 atom stereocenters. The van der Waals surface area contributed by atoms with Crippen molar-refractivity contribution in [2.45, 2.75) is 19.4 Å². The molecule has 1 amide bonds. The van der Waals surface area contributed by atoms with Crippen LogP contribution < -0.4 is 11.1 Å². The van der Waals surface area contributed by atoms with Crippen molar-refractivity contribution in [3.63, 3.8) is 0 Å². The van der Waals surface area contributed by atoms with Crippen molar-refractivity contribution < 1.29 is 4.79 Å². The number of hydrogen-bond donors (Lipinski definition) is 2.